The lowest BCUT2D eigenvalue weighted by Gasteiger charge is -2.44. The van der Waals surface area contributed by atoms with Crippen molar-refractivity contribution >= 4 is 12.0 Å². The maximum absolute atomic E-state index is 13.2. The van der Waals surface area contributed by atoms with Crippen LogP contribution >= 0.6 is 0 Å². The van der Waals surface area contributed by atoms with E-state index in [1.165, 1.54) is 23.5 Å². The summed E-state index contributed by atoms with van der Waals surface area (Å²) in [5, 5.41) is 9.12. The SMILES string of the molecule is C[C@@H]1CN(C(=O)OC2(C(F)(F)F)COC2)CCN1c1ncc(OCc2ccncc2C#N)cn1. The highest BCUT2D eigenvalue weighted by Crippen LogP contribution is 2.40. The molecule has 180 valence electrons. The lowest BCUT2D eigenvalue weighted by atomic mass is 10.0. The first kappa shape index (κ1) is 23.5. The molecule has 2 aliphatic heterocycles. The highest BCUT2D eigenvalue weighted by atomic mass is 19.4. The molecular formula is C21H21F3N6O4. The number of amides is 1. The second-order valence-corrected chi connectivity index (χ2v) is 7.99. The number of carbonyl (C=O) groups excluding carboxylic acids is 1. The van der Waals surface area contributed by atoms with Crippen LogP contribution in [0.1, 0.15) is 18.1 Å². The third-order valence-corrected chi connectivity index (χ3v) is 5.65. The molecule has 4 heterocycles. The number of hydrogen-bond acceptors (Lipinski definition) is 9. The van der Waals surface area contributed by atoms with Gasteiger partial charge in [0.15, 0.2) is 5.75 Å². The first-order valence-corrected chi connectivity index (χ1v) is 10.4. The van der Waals surface area contributed by atoms with E-state index < -0.39 is 31.1 Å². The highest BCUT2D eigenvalue weighted by molar-refractivity contribution is 5.69. The van der Waals surface area contributed by atoms with Gasteiger partial charge in [-0.1, -0.05) is 0 Å². The van der Waals surface area contributed by atoms with Gasteiger partial charge in [0, 0.05) is 43.6 Å². The van der Waals surface area contributed by atoms with Crippen LogP contribution in [0.5, 0.6) is 5.75 Å². The van der Waals surface area contributed by atoms with Crippen LogP contribution in [0.15, 0.2) is 30.9 Å². The Morgan fingerprint density at radius 2 is 2.03 bits per heavy atom. The van der Waals surface area contributed by atoms with E-state index >= 15 is 0 Å². The largest absolute Gasteiger partial charge is 0.486 e. The summed E-state index contributed by atoms with van der Waals surface area (Å²) >= 11 is 0. The van der Waals surface area contributed by atoms with Crippen LogP contribution in [0, 0.1) is 11.3 Å². The van der Waals surface area contributed by atoms with Crippen molar-refractivity contribution in [3.8, 4) is 11.8 Å². The van der Waals surface area contributed by atoms with Crippen molar-refractivity contribution in [3.63, 3.8) is 0 Å². The molecule has 0 saturated carbocycles. The van der Waals surface area contributed by atoms with Gasteiger partial charge >= 0.3 is 12.3 Å². The van der Waals surface area contributed by atoms with Gasteiger partial charge in [-0.25, -0.2) is 14.8 Å². The van der Waals surface area contributed by atoms with Crippen molar-refractivity contribution in [2.75, 3.05) is 37.7 Å². The first-order chi connectivity index (χ1) is 16.2. The Bertz CT molecular complexity index is 1070. The number of hydrogen-bond donors (Lipinski definition) is 0. The van der Waals surface area contributed by atoms with Gasteiger partial charge in [-0.15, -0.1) is 0 Å². The number of nitrogens with zero attached hydrogens (tertiary/aromatic N) is 6. The normalized spacial score (nSPS) is 19.7. The second kappa shape index (κ2) is 9.30. The van der Waals surface area contributed by atoms with Gasteiger partial charge in [0.2, 0.25) is 5.95 Å². The molecule has 2 aliphatic rings. The second-order valence-electron chi connectivity index (χ2n) is 7.99. The van der Waals surface area contributed by atoms with Gasteiger partial charge in [-0.2, -0.15) is 18.4 Å². The molecule has 10 nitrogen and oxygen atoms in total. The zero-order valence-corrected chi connectivity index (χ0v) is 18.2. The summed E-state index contributed by atoms with van der Waals surface area (Å²) in [5.74, 6) is 0.799. The summed E-state index contributed by atoms with van der Waals surface area (Å²) in [5.41, 5.74) is -1.48. The Morgan fingerprint density at radius 1 is 1.29 bits per heavy atom. The molecule has 4 rings (SSSR count). The summed E-state index contributed by atoms with van der Waals surface area (Å²) in [4.78, 5) is 28.0. The van der Waals surface area contributed by atoms with E-state index in [0.717, 1.165) is 0 Å². The predicted molar refractivity (Wildman–Crippen MR) is 110 cm³/mol. The molecule has 2 saturated heterocycles. The van der Waals surface area contributed by atoms with Crippen molar-refractivity contribution in [3.05, 3.63) is 42.0 Å². The van der Waals surface area contributed by atoms with Crippen LogP contribution in [-0.2, 0) is 16.1 Å². The quantitative estimate of drug-likeness (QED) is 0.639. The molecule has 0 aliphatic carbocycles. The molecule has 0 bridgehead atoms. The maximum atomic E-state index is 13.2. The Labute approximate surface area is 192 Å². The molecule has 1 atom stereocenters. The summed E-state index contributed by atoms with van der Waals surface area (Å²) in [6.45, 7) is 1.18. The molecule has 0 aromatic carbocycles. The number of anilines is 1. The number of nitriles is 1. The molecule has 0 radical (unpaired) electrons. The molecule has 13 heteroatoms. The van der Waals surface area contributed by atoms with Gasteiger partial charge in [0.1, 0.15) is 12.7 Å². The number of pyridine rings is 1. The molecule has 0 unspecified atom stereocenters. The van der Waals surface area contributed by atoms with E-state index in [0.29, 0.717) is 29.4 Å². The van der Waals surface area contributed by atoms with Crippen molar-refractivity contribution < 1.29 is 32.2 Å². The number of piperazine rings is 1. The summed E-state index contributed by atoms with van der Waals surface area (Å²) in [7, 11) is 0. The molecule has 1 amide bonds. The predicted octanol–water partition coefficient (Wildman–Crippen LogP) is 2.30. The zero-order chi connectivity index (χ0) is 24.3. The van der Waals surface area contributed by atoms with E-state index in [4.69, 9.17) is 14.7 Å². The topological polar surface area (TPSA) is 114 Å². The fraction of sp³-hybridized carbons (Fsp3) is 0.476. The van der Waals surface area contributed by atoms with E-state index in [2.05, 4.69) is 19.7 Å². The average Bonchev–Trinajstić information content (AvgIpc) is 2.79. The Morgan fingerprint density at radius 3 is 2.62 bits per heavy atom. The molecule has 0 spiro atoms. The van der Waals surface area contributed by atoms with Crippen molar-refractivity contribution in [2.24, 2.45) is 0 Å². The third kappa shape index (κ3) is 4.67. The molecule has 2 fully saturated rings. The third-order valence-electron chi connectivity index (χ3n) is 5.65. The van der Waals surface area contributed by atoms with E-state index in [1.54, 1.807) is 12.3 Å². The number of carbonyl (C=O) groups is 1. The lowest BCUT2D eigenvalue weighted by molar-refractivity contribution is -0.333. The minimum atomic E-state index is -4.69. The van der Waals surface area contributed by atoms with Gasteiger partial charge < -0.3 is 24.0 Å². The van der Waals surface area contributed by atoms with Crippen LogP contribution in [-0.4, -0.2) is 76.6 Å². The summed E-state index contributed by atoms with van der Waals surface area (Å²) in [6.07, 6.45) is 0.292. The minimum absolute atomic E-state index is 0.147. The van der Waals surface area contributed by atoms with E-state index in [1.807, 2.05) is 17.9 Å². The van der Waals surface area contributed by atoms with E-state index in [9.17, 15) is 18.0 Å². The Kier molecular flexibility index (Phi) is 6.43. The highest BCUT2D eigenvalue weighted by Gasteiger charge is 2.64. The summed E-state index contributed by atoms with van der Waals surface area (Å²) < 4.78 is 54.8. The average molecular weight is 478 g/mol. The molecule has 0 N–H and O–H groups in total. The fourth-order valence-corrected chi connectivity index (χ4v) is 3.56. The maximum Gasteiger partial charge on any atom is 0.433 e. The zero-order valence-electron chi connectivity index (χ0n) is 18.2. The monoisotopic (exact) mass is 478 g/mol. The van der Waals surface area contributed by atoms with Crippen LogP contribution in [0.3, 0.4) is 0 Å². The fourth-order valence-electron chi connectivity index (χ4n) is 3.56. The molecule has 2 aromatic heterocycles. The molecule has 2 aromatic rings. The van der Waals surface area contributed by atoms with Gasteiger partial charge in [-0.3, -0.25) is 4.98 Å². The standard InChI is InChI=1S/C21H21F3N6O4/c1-14-10-29(19(31)34-20(12-32-13-20)21(22,23)24)4-5-30(14)18-27-8-17(9-28-18)33-11-15-2-3-26-7-16(15)6-25/h2-3,7-9,14H,4-5,10-13H2,1H3/t14-/m1/s1. The van der Waals surface area contributed by atoms with Crippen molar-refractivity contribution in [1.29, 1.82) is 5.26 Å². The van der Waals surface area contributed by atoms with Gasteiger partial charge in [0.25, 0.3) is 5.60 Å². The smallest absolute Gasteiger partial charge is 0.433 e. The Hall–Kier alpha value is -3.66. The van der Waals surface area contributed by atoms with Gasteiger partial charge in [0.05, 0.1) is 31.2 Å². The van der Waals surface area contributed by atoms with Crippen LogP contribution in [0.2, 0.25) is 0 Å². The number of rotatable bonds is 5. The van der Waals surface area contributed by atoms with Crippen molar-refractivity contribution in [1.82, 2.24) is 19.9 Å². The van der Waals surface area contributed by atoms with E-state index in [-0.39, 0.29) is 25.7 Å². The number of aromatic nitrogens is 3. The van der Waals surface area contributed by atoms with Gasteiger partial charge in [-0.05, 0) is 13.0 Å². The van der Waals surface area contributed by atoms with Crippen molar-refractivity contribution in [2.45, 2.75) is 31.3 Å². The number of alkyl halides is 3. The number of halogens is 3. The lowest BCUT2D eigenvalue weighted by Crippen LogP contribution is -2.65. The van der Waals surface area contributed by atoms with Crippen LogP contribution in [0.25, 0.3) is 0 Å². The Balaban J connectivity index is 1.33. The van der Waals surface area contributed by atoms with Crippen LogP contribution < -0.4 is 9.64 Å². The van der Waals surface area contributed by atoms with Crippen LogP contribution in [0.4, 0.5) is 23.9 Å². The summed E-state index contributed by atoms with van der Waals surface area (Å²) in [6, 6.07) is 3.47. The minimum Gasteiger partial charge on any atom is -0.486 e. The molecular weight excluding hydrogens is 457 g/mol. The number of ether oxygens (including phenoxy) is 3. The molecule has 34 heavy (non-hydrogen) atoms. The first-order valence-electron chi connectivity index (χ1n) is 10.4.